The van der Waals surface area contributed by atoms with Gasteiger partial charge in [0, 0.05) is 20.1 Å². The number of hydrogen-bond donors (Lipinski definition) is 3. The molecule has 0 aliphatic rings. The summed E-state index contributed by atoms with van der Waals surface area (Å²) < 4.78 is 18.5. The number of carbonyl (C=O) groups is 1. The second-order valence-electron chi connectivity index (χ2n) is 7.42. The van der Waals surface area contributed by atoms with Crippen molar-refractivity contribution < 1.29 is 13.9 Å². The summed E-state index contributed by atoms with van der Waals surface area (Å²) in [5.41, 5.74) is -0.274. The van der Waals surface area contributed by atoms with Crippen molar-refractivity contribution in [2.45, 2.75) is 52.3 Å². The quantitative estimate of drug-likeness (QED) is 0.563. The fraction of sp³-hybridized carbons (Fsp3) is 0.556. The summed E-state index contributed by atoms with van der Waals surface area (Å²) in [6.45, 7) is 10.1. The number of halogens is 1. The summed E-state index contributed by atoms with van der Waals surface area (Å²) in [6, 6.07) is 6.36. The van der Waals surface area contributed by atoms with E-state index in [1.165, 1.54) is 12.1 Å². The average molecular weight is 352 g/mol. The molecule has 0 atom stereocenters. The van der Waals surface area contributed by atoms with Crippen molar-refractivity contribution in [1.82, 2.24) is 16.0 Å². The van der Waals surface area contributed by atoms with Crippen molar-refractivity contribution in [3.05, 3.63) is 35.6 Å². The molecule has 0 bridgehead atoms. The lowest BCUT2D eigenvalue weighted by molar-refractivity contribution is 0.0474. The van der Waals surface area contributed by atoms with Gasteiger partial charge in [-0.1, -0.05) is 12.1 Å². The molecule has 0 spiro atoms. The molecule has 0 aliphatic heterocycles. The van der Waals surface area contributed by atoms with Crippen LogP contribution in [0.3, 0.4) is 0 Å². The minimum absolute atomic E-state index is 0.273. The molecule has 140 valence electrons. The first-order chi connectivity index (χ1) is 11.5. The van der Waals surface area contributed by atoms with Crippen molar-refractivity contribution in [3.8, 4) is 0 Å². The third kappa shape index (κ3) is 8.93. The van der Waals surface area contributed by atoms with E-state index >= 15 is 0 Å². The molecule has 1 aromatic carbocycles. The molecule has 0 aliphatic carbocycles. The van der Waals surface area contributed by atoms with Crippen molar-refractivity contribution in [3.63, 3.8) is 0 Å². The molecular weight excluding hydrogens is 323 g/mol. The van der Waals surface area contributed by atoms with E-state index in [0.29, 0.717) is 19.0 Å². The maximum atomic E-state index is 13.2. The van der Waals surface area contributed by atoms with E-state index < -0.39 is 17.2 Å². The van der Waals surface area contributed by atoms with Crippen LogP contribution < -0.4 is 16.0 Å². The lowest BCUT2D eigenvalue weighted by Gasteiger charge is -2.29. The third-order valence-corrected chi connectivity index (χ3v) is 3.11. The summed E-state index contributed by atoms with van der Waals surface area (Å²) >= 11 is 0. The smallest absolute Gasteiger partial charge is 0.408 e. The van der Waals surface area contributed by atoms with Crippen molar-refractivity contribution in [2.75, 3.05) is 13.6 Å². The van der Waals surface area contributed by atoms with Crippen LogP contribution in [-0.2, 0) is 11.3 Å². The normalized spacial score (nSPS) is 12.5. The number of hydrogen-bond acceptors (Lipinski definition) is 3. The van der Waals surface area contributed by atoms with Crippen LogP contribution in [0.1, 0.15) is 40.2 Å². The highest BCUT2D eigenvalue weighted by molar-refractivity contribution is 5.79. The lowest BCUT2D eigenvalue weighted by atomic mass is 10.1. The van der Waals surface area contributed by atoms with Gasteiger partial charge < -0.3 is 20.7 Å². The molecule has 25 heavy (non-hydrogen) atoms. The van der Waals surface area contributed by atoms with Crippen LogP contribution in [0, 0.1) is 5.82 Å². The van der Waals surface area contributed by atoms with E-state index in [1.54, 1.807) is 13.1 Å². The molecule has 0 aromatic heterocycles. The first kappa shape index (κ1) is 20.7. The first-order valence-corrected chi connectivity index (χ1v) is 8.21. The molecule has 1 aromatic rings. The molecule has 7 heteroatoms. The Bertz CT molecular complexity index is 609. The third-order valence-electron chi connectivity index (χ3n) is 3.11. The Morgan fingerprint density at radius 2 is 1.88 bits per heavy atom. The lowest BCUT2D eigenvalue weighted by Crippen LogP contribution is -2.54. The second-order valence-corrected chi connectivity index (χ2v) is 7.42. The zero-order valence-electron chi connectivity index (χ0n) is 15.9. The monoisotopic (exact) mass is 352 g/mol. The van der Waals surface area contributed by atoms with Crippen LogP contribution in [-0.4, -0.2) is 36.8 Å². The van der Waals surface area contributed by atoms with E-state index in [2.05, 4.69) is 20.9 Å². The molecule has 0 saturated heterocycles. The van der Waals surface area contributed by atoms with Gasteiger partial charge in [0.05, 0.1) is 5.54 Å². The Hall–Kier alpha value is -2.31. The van der Waals surface area contributed by atoms with E-state index in [-0.39, 0.29) is 5.82 Å². The number of ether oxygens (including phenoxy) is 1. The largest absolute Gasteiger partial charge is 0.444 e. The van der Waals surface area contributed by atoms with Gasteiger partial charge in [0.25, 0.3) is 0 Å². The topological polar surface area (TPSA) is 74.8 Å². The second kappa shape index (κ2) is 8.69. The summed E-state index contributed by atoms with van der Waals surface area (Å²) in [5, 5.41) is 9.06. The van der Waals surface area contributed by atoms with Crippen LogP contribution in [0.2, 0.25) is 0 Å². The van der Waals surface area contributed by atoms with E-state index in [4.69, 9.17) is 4.74 Å². The average Bonchev–Trinajstić information content (AvgIpc) is 2.44. The number of benzene rings is 1. The fourth-order valence-corrected chi connectivity index (χ4v) is 1.98. The maximum absolute atomic E-state index is 13.2. The summed E-state index contributed by atoms with van der Waals surface area (Å²) in [7, 11) is 1.65. The number of rotatable bonds is 5. The SMILES string of the molecule is CN=C(NCc1cccc(F)c1)NCC(C)(C)NC(=O)OC(C)(C)C. The van der Waals surface area contributed by atoms with E-state index in [9.17, 15) is 9.18 Å². The van der Waals surface area contributed by atoms with Crippen LogP contribution in [0.5, 0.6) is 0 Å². The molecule has 0 saturated carbocycles. The van der Waals surface area contributed by atoms with Gasteiger partial charge in [-0.3, -0.25) is 4.99 Å². The summed E-state index contributed by atoms with van der Waals surface area (Å²) in [6.07, 6.45) is -0.470. The Morgan fingerprint density at radius 1 is 1.20 bits per heavy atom. The number of carbonyl (C=O) groups excluding carboxylic acids is 1. The standard InChI is InChI=1S/C18H29FN4O2/c1-17(2,3)25-16(24)23-18(4,5)12-22-15(20-6)21-11-13-8-7-9-14(19)10-13/h7-10H,11-12H2,1-6H3,(H,23,24)(H2,20,21,22). The molecule has 0 unspecified atom stereocenters. The van der Waals surface area contributed by atoms with Gasteiger partial charge >= 0.3 is 6.09 Å². The molecule has 0 radical (unpaired) electrons. The number of aliphatic imine (C=N–C) groups is 1. The van der Waals surface area contributed by atoms with E-state index in [1.807, 2.05) is 40.7 Å². The molecule has 3 N–H and O–H groups in total. The highest BCUT2D eigenvalue weighted by atomic mass is 19.1. The molecule has 1 rings (SSSR count). The molecule has 0 heterocycles. The minimum atomic E-state index is -0.545. The van der Waals surface area contributed by atoms with Crippen molar-refractivity contribution in [1.29, 1.82) is 0 Å². The van der Waals surface area contributed by atoms with Gasteiger partial charge in [-0.05, 0) is 52.3 Å². The van der Waals surface area contributed by atoms with Crippen molar-refractivity contribution in [2.24, 2.45) is 4.99 Å². The minimum Gasteiger partial charge on any atom is -0.444 e. The molecule has 1 amide bonds. The Labute approximate surface area is 149 Å². The fourth-order valence-electron chi connectivity index (χ4n) is 1.98. The number of alkyl carbamates (subject to hydrolysis) is 1. The van der Waals surface area contributed by atoms with Gasteiger partial charge in [-0.15, -0.1) is 0 Å². The Kier molecular flexibility index (Phi) is 7.21. The van der Waals surface area contributed by atoms with Gasteiger partial charge in [0.2, 0.25) is 0 Å². The molecular formula is C18H29FN4O2. The van der Waals surface area contributed by atoms with Crippen LogP contribution in [0.4, 0.5) is 9.18 Å². The van der Waals surface area contributed by atoms with Gasteiger partial charge in [0.1, 0.15) is 11.4 Å². The predicted molar refractivity (Wildman–Crippen MR) is 98.1 cm³/mol. The van der Waals surface area contributed by atoms with Crippen molar-refractivity contribution >= 4 is 12.1 Å². The molecule has 6 nitrogen and oxygen atoms in total. The first-order valence-electron chi connectivity index (χ1n) is 8.21. The number of nitrogens with zero attached hydrogens (tertiary/aromatic N) is 1. The summed E-state index contributed by atoms with van der Waals surface area (Å²) in [4.78, 5) is 16.0. The highest BCUT2D eigenvalue weighted by Crippen LogP contribution is 2.09. The van der Waals surface area contributed by atoms with Gasteiger partial charge in [-0.25, -0.2) is 9.18 Å². The summed E-state index contributed by atoms with van der Waals surface area (Å²) in [5.74, 6) is 0.285. The Balaban J connectivity index is 2.48. The predicted octanol–water partition coefficient (Wildman–Crippen LogP) is 2.79. The number of nitrogens with one attached hydrogen (secondary N) is 3. The van der Waals surface area contributed by atoms with Crippen LogP contribution in [0.25, 0.3) is 0 Å². The number of amides is 1. The molecule has 0 fully saturated rings. The maximum Gasteiger partial charge on any atom is 0.408 e. The zero-order chi connectivity index (χ0) is 19.1. The van der Waals surface area contributed by atoms with Gasteiger partial charge in [-0.2, -0.15) is 0 Å². The highest BCUT2D eigenvalue weighted by Gasteiger charge is 2.24. The van der Waals surface area contributed by atoms with Crippen LogP contribution in [0.15, 0.2) is 29.3 Å². The Morgan fingerprint density at radius 3 is 2.44 bits per heavy atom. The van der Waals surface area contributed by atoms with Gasteiger partial charge in [0.15, 0.2) is 5.96 Å². The van der Waals surface area contributed by atoms with E-state index in [0.717, 1.165) is 5.56 Å². The zero-order valence-corrected chi connectivity index (χ0v) is 15.9. The van der Waals surface area contributed by atoms with Crippen LogP contribution >= 0.6 is 0 Å². The number of guanidine groups is 1.